The standard InChI is InChI=1S/C15H21NO4/c1-10(2)16(8-4-5-14(18)19)15(20)12-6-7-13(17)11(3)9-12/h6-7,9-10,17H,4-5,8H2,1-3H3,(H,18,19). The molecule has 0 fully saturated rings. The van der Waals surface area contributed by atoms with Crippen LogP contribution in [0.3, 0.4) is 0 Å². The lowest BCUT2D eigenvalue weighted by atomic mass is 10.1. The van der Waals surface area contributed by atoms with Gasteiger partial charge in [0.15, 0.2) is 0 Å². The number of benzene rings is 1. The number of hydrogen-bond donors (Lipinski definition) is 2. The average Bonchev–Trinajstić information content (AvgIpc) is 2.36. The van der Waals surface area contributed by atoms with Crippen molar-refractivity contribution in [3.63, 3.8) is 0 Å². The highest BCUT2D eigenvalue weighted by atomic mass is 16.4. The second-order valence-electron chi connectivity index (χ2n) is 5.09. The van der Waals surface area contributed by atoms with E-state index in [0.29, 0.717) is 24.1 Å². The number of carboxylic acids is 1. The summed E-state index contributed by atoms with van der Waals surface area (Å²) in [6.45, 7) is 5.93. The van der Waals surface area contributed by atoms with Gasteiger partial charge in [0, 0.05) is 24.6 Å². The summed E-state index contributed by atoms with van der Waals surface area (Å²) in [6.07, 6.45) is 0.474. The third-order valence-corrected chi connectivity index (χ3v) is 3.12. The van der Waals surface area contributed by atoms with Gasteiger partial charge in [-0.15, -0.1) is 0 Å². The van der Waals surface area contributed by atoms with Crippen LogP contribution in [0.1, 0.15) is 42.6 Å². The van der Waals surface area contributed by atoms with E-state index < -0.39 is 5.97 Å². The first-order chi connectivity index (χ1) is 9.32. The number of carbonyl (C=O) groups excluding carboxylic acids is 1. The van der Waals surface area contributed by atoms with E-state index in [-0.39, 0.29) is 24.1 Å². The predicted molar refractivity (Wildman–Crippen MR) is 75.9 cm³/mol. The summed E-state index contributed by atoms with van der Waals surface area (Å²) in [5, 5.41) is 18.1. The number of aryl methyl sites for hydroxylation is 1. The van der Waals surface area contributed by atoms with Gasteiger partial charge in [-0.2, -0.15) is 0 Å². The Morgan fingerprint density at radius 1 is 1.30 bits per heavy atom. The summed E-state index contributed by atoms with van der Waals surface area (Å²) in [5.41, 5.74) is 1.15. The Morgan fingerprint density at radius 2 is 1.95 bits per heavy atom. The molecule has 0 aliphatic carbocycles. The number of carboxylic acid groups (broad SMARTS) is 1. The number of carbonyl (C=O) groups is 2. The molecule has 1 amide bonds. The van der Waals surface area contributed by atoms with Gasteiger partial charge in [0.25, 0.3) is 5.91 Å². The van der Waals surface area contributed by atoms with Crippen LogP contribution in [0.4, 0.5) is 0 Å². The maximum Gasteiger partial charge on any atom is 0.303 e. The molecule has 0 spiro atoms. The normalized spacial score (nSPS) is 10.6. The molecule has 0 bridgehead atoms. The van der Waals surface area contributed by atoms with Crippen LogP contribution in [0, 0.1) is 6.92 Å². The summed E-state index contributed by atoms with van der Waals surface area (Å²) < 4.78 is 0. The van der Waals surface area contributed by atoms with Crippen LogP contribution >= 0.6 is 0 Å². The summed E-state index contributed by atoms with van der Waals surface area (Å²) in [6, 6.07) is 4.71. The number of aromatic hydroxyl groups is 1. The molecule has 110 valence electrons. The average molecular weight is 279 g/mol. The minimum atomic E-state index is -0.860. The first kappa shape index (κ1) is 16.0. The van der Waals surface area contributed by atoms with E-state index in [1.54, 1.807) is 24.0 Å². The summed E-state index contributed by atoms with van der Waals surface area (Å²) >= 11 is 0. The number of phenolic OH excluding ortho intramolecular Hbond substituents is 1. The highest BCUT2D eigenvalue weighted by Crippen LogP contribution is 2.19. The van der Waals surface area contributed by atoms with E-state index in [2.05, 4.69) is 0 Å². The Hall–Kier alpha value is -2.04. The number of phenols is 1. The third-order valence-electron chi connectivity index (χ3n) is 3.12. The van der Waals surface area contributed by atoms with Crippen molar-refractivity contribution in [2.45, 2.75) is 39.7 Å². The lowest BCUT2D eigenvalue weighted by molar-refractivity contribution is -0.137. The number of nitrogens with zero attached hydrogens (tertiary/aromatic N) is 1. The van der Waals surface area contributed by atoms with E-state index in [4.69, 9.17) is 5.11 Å². The second kappa shape index (κ2) is 6.93. The van der Waals surface area contributed by atoms with E-state index in [1.807, 2.05) is 13.8 Å². The number of hydrogen-bond acceptors (Lipinski definition) is 3. The van der Waals surface area contributed by atoms with Crippen LogP contribution < -0.4 is 0 Å². The zero-order chi connectivity index (χ0) is 15.3. The highest BCUT2D eigenvalue weighted by Gasteiger charge is 2.19. The minimum absolute atomic E-state index is 0.00889. The SMILES string of the molecule is Cc1cc(C(=O)N(CCCC(=O)O)C(C)C)ccc1O. The van der Waals surface area contributed by atoms with E-state index in [1.165, 1.54) is 6.07 Å². The molecular weight excluding hydrogens is 258 g/mol. The minimum Gasteiger partial charge on any atom is -0.508 e. The monoisotopic (exact) mass is 279 g/mol. The third kappa shape index (κ3) is 4.26. The molecule has 0 atom stereocenters. The fraction of sp³-hybridized carbons (Fsp3) is 0.467. The Bertz CT molecular complexity index is 497. The van der Waals surface area contributed by atoms with Crippen molar-refractivity contribution in [1.82, 2.24) is 4.90 Å². The van der Waals surface area contributed by atoms with Crippen molar-refractivity contribution in [2.75, 3.05) is 6.54 Å². The molecule has 0 aliphatic heterocycles. The molecule has 0 heterocycles. The summed E-state index contributed by atoms with van der Waals surface area (Å²) in [4.78, 5) is 24.6. The lowest BCUT2D eigenvalue weighted by Crippen LogP contribution is -2.37. The van der Waals surface area contributed by atoms with Gasteiger partial charge in [0.05, 0.1) is 0 Å². The number of amides is 1. The molecule has 0 aromatic heterocycles. The largest absolute Gasteiger partial charge is 0.508 e. The first-order valence-electron chi connectivity index (χ1n) is 6.65. The summed E-state index contributed by atoms with van der Waals surface area (Å²) in [7, 11) is 0. The van der Waals surface area contributed by atoms with Crippen molar-refractivity contribution in [3.05, 3.63) is 29.3 Å². The van der Waals surface area contributed by atoms with Crippen LogP contribution in [0.2, 0.25) is 0 Å². The topological polar surface area (TPSA) is 77.8 Å². The van der Waals surface area contributed by atoms with Gasteiger partial charge in [-0.05, 0) is 51.0 Å². The van der Waals surface area contributed by atoms with Crippen LogP contribution in [0.5, 0.6) is 5.75 Å². The van der Waals surface area contributed by atoms with Crippen LogP contribution in [-0.2, 0) is 4.79 Å². The molecule has 0 saturated carbocycles. The quantitative estimate of drug-likeness (QED) is 0.838. The van der Waals surface area contributed by atoms with Crippen molar-refractivity contribution in [3.8, 4) is 5.75 Å². The van der Waals surface area contributed by atoms with Crippen molar-refractivity contribution in [2.24, 2.45) is 0 Å². The Kier molecular flexibility index (Phi) is 5.55. The molecule has 0 radical (unpaired) electrons. The lowest BCUT2D eigenvalue weighted by Gasteiger charge is -2.27. The fourth-order valence-electron chi connectivity index (χ4n) is 1.95. The van der Waals surface area contributed by atoms with Crippen molar-refractivity contribution >= 4 is 11.9 Å². The molecular formula is C15H21NO4. The van der Waals surface area contributed by atoms with Crippen molar-refractivity contribution in [1.29, 1.82) is 0 Å². The first-order valence-corrected chi connectivity index (χ1v) is 6.65. The van der Waals surface area contributed by atoms with Gasteiger partial charge < -0.3 is 15.1 Å². The van der Waals surface area contributed by atoms with E-state index >= 15 is 0 Å². The van der Waals surface area contributed by atoms with E-state index in [9.17, 15) is 14.7 Å². The molecule has 1 aromatic rings. The van der Waals surface area contributed by atoms with Gasteiger partial charge in [0.2, 0.25) is 0 Å². The second-order valence-corrected chi connectivity index (χ2v) is 5.09. The van der Waals surface area contributed by atoms with Crippen molar-refractivity contribution < 1.29 is 19.8 Å². The molecule has 1 aromatic carbocycles. The smallest absolute Gasteiger partial charge is 0.303 e. The maximum absolute atomic E-state index is 12.4. The van der Waals surface area contributed by atoms with E-state index in [0.717, 1.165) is 0 Å². The number of rotatable bonds is 6. The molecule has 20 heavy (non-hydrogen) atoms. The van der Waals surface area contributed by atoms with Crippen LogP contribution in [0.25, 0.3) is 0 Å². The molecule has 5 nitrogen and oxygen atoms in total. The molecule has 0 saturated heterocycles. The Morgan fingerprint density at radius 3 is 2.45 bits per heavy atom. The molecule has 2 N–H and O–H groups in total. The fourth-order valence-corrected chi connectivity index (χ4v) is 1.95. The van der Waals surface area contributed by atoms with Gasteiger partial charge in [-0.25, -0.2) is 0 Å². The van der Waals surface area contributed by atoms with Crippen LogP contribution in [0.15, 0.2) is 18.2 Å². The predicted octanol–water partition coefficient (Wildman–Crippen LogP) is 2.42. The van der Waals surface area contributed by atoms with Gasteiger partial charge in [-0.3, -0.25) is 9.59 Å². The molecule has 5 heteroatoms. The molecule has 0 unspecified atom stereocenters. The molecule has 0 aliphatic rings. The van der Waals surface area contributed by atoms with Gasteiger partial charge in [0.1, 0.15) is 5.75 Å². The Balaban J connectivity index is 2.82. The maximum atomic E-state index is 12.4. The highest BCUT2D eigenvalue weighted by molar-refractivity contribution is 5.94. The van der Waals surface area contributed by atoms with Crippen LogP contribution in [-0.4, -0.2) is 39.6 Å². The zero-order valence-corrected chi connectivity index (χ0v) is 12.1. The Labute approximate surface area is 118 Å². The zero-order valence-electron chi connectivity index (χ0n) is 12.1. The number of aliphatic carboxylic acids is 1. The van der Waals surface area contributed by atoms with Gasteiger partial charge in [-0.1, -0.05) is 0 Å². The van der Waals surface area contributed by atoms with Gasteiger partial charge >= 0.3 is 5.97 Å². The molecule has 1 rings (SSSR count). The summed E-state index contributed by atoms with van der Waals surface area (Å²) in [5.74, 6) is -0.848.